The average Bonchev–Trinajstić information content (AvgIpc) is 2.62. The number of nitrogens with two attached hydrogens (primary N) is 1. The van der Waals surface area contributed by atoms with E-state index >= 15 is 0 Å². The Labute approximate surface area is 165 Å². The van der Waals surface area contributed by atoms with Crippen molar-refractivity contribution in [1.82, 2.24) is 15.6 Å². The number of nitrogens with zero attached hydrogens (tertiary/aromatic N) is 1. The Bertz CT molecular complexity index is 814. The van der Waals surface area contributed by atoms with E-state index in [2.05, 4.69) is 31.5 Å². The number of nitrogens with one attached hydrogen (secondary N) is 2. The average molecular weight is 433 g/mol. The highest BCUT2D eigenvalue weighted by Crippen LogP contribution is 2.15. The van der Waals surface area contributed by atoms with Crippen molar-refractivity contribution in [2.45, 2.75) is 31.8 Å². The maximum atomic E-state index is 12.7. The van der Waals surface area contributed by atoms with Crippen molar-refractivity contribution in [3.63, 3.8) is 0 Å². The third-order valence-corrected chi connectivity index (χ3v) is 4.61. The minimum absolute atomic E-state index is 0.188. The van der Waals surface area contributed by atoms with Crippen LogP contribution in [0.1, 0.15) is 18.1 Å². The molecule has 142 valence electrons. The second-order valence-corrected chi connectivity index (χ2v) is 6.81. The largest absolute Gasteiger partial charge is 0.368 e. The molecule has 0 saturated heterocycles. The van der Waals surface area contributed by atoms with Crippen molar-refractivity contribution < 1.29 is 14.4 Å². The van der Waals surface area contributed by atoms with Gasteiger partial charge in [0.25, 0.3) is 0 Å². The molecule has 8 heteroatoms. The molecule has 0 bridgehead atoms. The van der Waals surface area contributed by atoms with Crippen LogP contribution in [0.5, 0.6) is 0 Å². The quantitative estimate of drug-likeness (QED) is 0.541. The molecule has 1 heterocycles. The van der Waals surface area contributed by atoms with E-state index in [4.69, 9.17) is 5.73 Å². The van der Waals surface area contributed by atoms with Gasteiger partial charge in [-0.3, -0.25) is 14.4 Å². The fourth-order valence-electron chi connectivity index (χ4n) is 2.59. The summed E-state index contributed by atoms with van der Waals surface area (Å²) in [5.74, 6) is -1.48. The standard InChI is InChI=1S/C19H21BrN4O3/c1-12(25)23-16(10-13-6-3-2-4-7-13)19(27)24-15(18(21)26)11-14-8-5-9-22-17(14)20/h2-9,15-16H,10-11H2,1H3,(H2,21,26)(H,23,25)(H,24,27)/t15-,16+/m0/s1. The van der Waals surface area contributed by atoms with Gasteiger partial charge in [0.1, 0.15) is 16.7 Å². The van der Waals surface area contributed by atoms with Crippen LogP contribution < -0.4 is 16.4 Å². The molecule has 4 N–H and O–H groups in total. The van der Waals surface area contributed by atoms with Crippen LogP contribution in [0.3, 0.4) is 0 Å². The maximum Gasteiger partial charge on any atom is 0.243 e. The van der Waals surface area contributed by atoms with E-state index in [1.165, 1.54) is 6.92 Å². The maximum absolute atomic E-state index is 12.7. The fourth-order valence-corrected chi connectivity index (χ4v) is 3.00. The van der Waals surface area contributed by atoms with Crippen molar-refractivity contribution in [3.05, 3.63) is 64.4 Å². The molecular weight excluding hydrogens is 412 g/mol. The monoisotopic (exact) mass is 432 g/mol. The van der Waals surface area contributed by atoms with Gasteiger partial charge in [0.05, 0.1) is 0 Å². The molecule has 0 fully saturated rings. The lowest BCUT2D eigenvalue weighted by molar-refractivity contribution is -0.130. The molecule has 0 aliphatic rings. The summed E-state index contributed by atoms with van der Waals surface area (Å²) in [5.41, 5.74) is 7.08. The van der Waals surface area contributed by atoms with Gasteiger partial charge in [-0.25, -0.2) is 4.98 Å². The van der Waals surface area contributed by atoms with E-state index in [9.17, 15) is 14.4 Å². The van der Waals surface area contributed by atoms with Gasteiger partial charge in [-0.05, 0) is 33.1 Å². The van der Waals surface area contributed by atoms with Gasteiger partial charge in [-0.15, -0.1) is 0 Å². The van der Waals surface area contributed by atoms with Crippen molar-refractivity contribution >= 4 is 33.7 Å². The SMILES string of the molecule is CC(=O)N[C@H](Cc1ccccc1)C(=O)N[C@@H](Cc1cccnc1Br)C(N)=O. The minimum Gasteiger partial charge on any atom is -0.368 e. The van der Waals surface area contributed by atoms with Gasteiger partial charge < -0.3 is 16.4 Å². The first-order chi connectivity index (χ1) is 12.9. The Morgan fingerprint density at radius 2 is 1.74 bits per heavy atom. The smallest absolute Gasteiger partial charge is 0.243 e. The molecule has 2 atom stereocenters. The Hall–Kier alpha value is -2.74. The number of rotatable bonds is 8. The Morgan fingerprint density at radius 1 is 1.04 bits per heavy atom. The Morgan fingerprint density at radius 3 is 2.33 bits per heavy atom. The third kappa shape index (κ3) is 6.49. The van der Waals surface area contributed by atoms with Crippen LogP contribution in [0.25, 0.3) is 0 Å². The summed E-state index contributed by atoms with van der Waals surface area (Å²) in [6.07, 6.45) is 2.10. The number of hydrogen-bond acceptors (Lipinski definition) is 4. The fraction of sp³-hybridized carbons (Fsp3) is 0.263. The van der Waals surface area contributed by atoms with Crippen LogP contribution in [0.2, 0.25) is 0 Å². The van der Waals surface area contributed by atoms with Crippen LogP contribution >= 0.6 is 15.9 Å². The first-order valence-electron chi connectivity index (χ1n) is 8.37. The molecule has 2 rings (SSSR count). The molecule has 0 saturated carbocycles. The van der Waals surface area contributed by atoms with Crippen molar-refractivity contribution in [2.24, 2.45) is 5.73 Å². The first kappa shape index (κ1) is 20.6. The van der Waals surface area contributed by atoms with Gasteiger partial charge in [0, 0.05) is 26.0 Å². The molecule has 2 aromatic rings. The van der Waals surface area contributed by atoms with Gasteiger partial charge >= 0.3 is 0 Å². The summed E-state index contributed by atoms with van der Waals surface area (Å²) < 4.78 is 0.577. The third-order valence-electron chi connectivity index (χ3n) is 3.90. The lowest BCUT2D eigenvalue weighted by atomic mass is 10.0. The molecule has 0 spiro atoms. The molecule has 3 amide bonds. The molecule has 0 unspecified atom stereocenters. The number of aromatic nitrogens is 1. The summed E-state index contributed by atoms with van der Waals surface area (Å²) >= 11 is 3.31. The zero-order valence-electron chi connectivity index (χ0n) is 14.8. The molecule has 0 aliphatic heterocycles. The normalized spacial score (nSPS) is 12.7. The van der Waals surface area contributed by atoms with Crippen LogP contribution in [-0.2, 0) is 27.2 Å². The zero-order chi connectivity index (χ0) is 19.8. The first-order valence-corrected chi connectivity index (χ1v) is 9.16. The highest BCUT2D eigenvalue weighted by molar-refractivity contribution is 9.10. The molecule has 1 aromatic heterocycles. The number of benzene rings is 1. The van der Waals surface area contributed by atoms with Crippen LogP contribution in [0, 0.1) is 0 Å². The van der Waals surface area contributed by atoms with E-state index in [0.29, 0.717) is 11.0 Å². The van der Waals surface area contributed by atoms with Gasteiger partial charge in [-0.2, -0.15) is 0 Å². The predicted molar refractivity (Wildman–Crippen MR) is 105 cm³/mol. The van der Waals surface area contributed by atoms with Gasteiger partial charge in [-0.1, -0.05) is 36.4 Å². The number of pyridine rings is 1. The summed E-state index contributed by atoms with van der Waals surface area (Å²) in [6, 6.07) is 11.1. The lowest BCUT2D eigenvalue weighted by Gasteiger charge is -2.22. The summed E-state index contributed by atoms with van der Waals surface area (Å²) in [7, 11) is 0. The van der Waals surface area contributed by atoms with E-state index in [0.717, 1.165) is 11.1 Å². The predicted octanol–water partition coefficient (Wildman–Crippen LogP) is 1.10. The number of amides is 3. The van der Waals surface area contributed by atoms with E-state index < -0.39 is 23.9 Å². The van der Waals surface area contributed by atoms with E-state index in [-0.39, 0.29) is 12.3 Å². The number of halogens is 1. The van der Waals surface area contributed by atoms with Gasteiger partial charge in [0.15, 0.2) is 0 Å². The molecule has 1 aromatic carbocycles. The number of primary amides is 1. The molecule has 0 radical (unpaired) electrons. The summed E-state index contributed by atoms with van der Waals surface area (Å²) in [4.78, 5) is 40.2. The van der Waals surface area contributed by atoms with Crippen LogP contribution in [0.4, 0.5) is 0 Å². The second kappa shape index (κ2) is 9.82. The Kier molecular flexibility index (Phi) is 7.48. The number of carbonyl (C=O) groups excluding carboxylic acids is 3. The van der Waals surface area contributed by atoms with Crippen molar-refractivity contribution in [1.29, 1.82) is 0 Å². The second-order valence-electron chi connectivity index (χ2n) is 6.06. The summed E-state index contributed by atoms with van der Waals surface area (Å²) in [5, 5.41) is 5.26. The van der Waals surface area contributed by atoms with Crippen molar-refractivity contribution in [3.8, 4) is 0 Å². The number of hydrogen-bond donors (Lipinski definition) is 3. The van der Waals surface area contributed by atoms with E-state index in [1.807, 2.05) is 30.3 Å². The van der Waals surface area contributed by atoms with Gasteiger partial charge in [0.2, 0.25) is 17.7 Å². The topological polar surface area (TPSA) is 114 Å². The zero-order valence-corrected chi connectivity index (χ0v) is 16.4. The highest BCUT2D eigenvalue weighted by atomic mass is 79.9. The van der Waals surface area contributed by atoms with Crippen LogP contribution in [-0.4, -0.2) is 34.8 Å². The Balaban J connectivity index is 2.13. The van der Waals surface area contributed by atoms with Crippen LogP contribution in [0.15, 0.2) is 53.3 Å². The van der Waals surface area contributed by atoms with E-state index in [1.54, 1.807) is 18.3 Å². The summed E-state index contributed by atoms with van der Waals surface area (Å²) in [6.45, 7) is 1.34. The number of carbonyl (C=O) groups is 3. The lowest BCUT2D eigenvalue weighted by Crippen LogP contribution is -2.54. The highest BCUT2D eigenvalue weighted by Gasteiger charge is 2.26. The molecule has 27 heavy (non-hydrogen) atoms. The molecule has 0 aliphatic carbocycles. The molecular formula is C19H21BrN4O3. The van der Waals surface area contributed by atoms with Crippen molar-refractivity contribution in [2.75, 3.05) is 0 Å². The minimum atomic E-state index is -0.926. The molecule has 7 nitrogen and oxygen atoms in total.